The lowest BCUT2D eigenvalue weighted by molar-refractivity contribution is -0.118. The molecule has 0 aromatic heterocycles. The predicted octanol–water partition coefficient (Wildman–Crippen LogP) is 1.96. The van der Waals surface area contributed by atoms with Gasteiger partial charge in [0.1, 0.15) is 0 Å². The van der Waals surface area contributed by atoms with Crippen LogP contribution in [0.1, 0.15) is 39.0 Å². The Morgan fingerprint density at radius 2 is 2.23 bits per heavy atom. The lowest BCUT2D eigenvalue weighted by Crippen LogP contribution is -2.43. The summed E-state index contributed by atoms with van der Waals surface area (Å²) in [5, 5.41) is 9.01. The first-order valence-corrected chi connectivity index (χ1v) is 5.48. The Balaban J connectivity index is 1.82. The summed E-state index contributed by atoms with van der Waals surface area (Å²) in [6.45, 7) is 3.28. The standard InChI is InChI=1S/C11H20O2/c1-9(7-12)10-3-6-11(8-13-10)4-2-5-11/h9-10,12H,2-8H2,1H3. The van der Waals surface area contributed by atoms with E-state index in [0.29, 0.717) is 17.4 Å². The molecule has 1 N–H and O–H groups in total. The molecular weight excluding hydrogens is 164 g/mol. The van der Waals surface area contributed by atoms with E-state index in [-0.39, 0.29) is 6.61 Å². The van der Waals surface area contributed by atoms with E-state index in [4.69, 9.17) is 9.84 Å². The molecule has 2 heteroatoms. The van der Waals surface area contributed by atoms with Gasteiger partial charge in [0.15, 0.2) is 0 Å². The van der Waals surface area contributed by atoms with E-state index in [2.05, 4.69) is 6.92 Å². The molecule has 1 saturated carbocycles. The van der Waals surface area contributed by atoms with Gasteiger partial charge in [-0.2, -0.15) is 0 Å². The van der Waals surface area contributed by atoms with Gasteiger partial charge in [-0.1, -0.05) is 13.3 Å². The molecule has 1 spiro atoms. The Hall–Kier alpha value is -0.0800. The molecule has 0 radical (unpaired) electrons. The summed E-state index contributed by atoms with van der Waals surface area (Å²) >= 11 is 0. The van der Waals surface area contributed by atoms with Gasteiger partial charge in [0.05, 0.1) is 12.7 Å². The Morgan fingerprint density at radius 1 is 1.46 bits per heavy atom. The molecule has 13 heavy (non-hydrogen) atoms. The summed E-state index contributed by atoms with van der Waals surface area (Å²) < 4.78 is 5.83. The normalized spacial score (nSPS) is 34.2. The molecule has 0 bridgehead atoms. The third kappa shape index (κ3) is 1.75. The van der Waals surface area contributed by atoms with Gasteiger partial charge >= 0.3 is 0 Å². The van der Waals surface area contributed by atoms with Crippen molar-refractivity contribution >= 4 is 0 Å². The molecule has 76 valence electrons. The molecule has 1 aliphatic carbocycles. The zero-order valence-corrected chi connectivity index (χ0v) is 8.46. The molecular formula is C11H20O2. The van der Waals surface area contributed by atoms with Crippen LogP contribution in [0.5, 0.6) is 0 Å². The minimum Gasteiger partial charge on any atom is -0.396 e. The maximum Gasteiger partial charge on any atom is 0.0623 e. The maximum absolute atomic E-state index is 9.01. The first-order chi connectivity index (χ1) is 6.26. The van der Waals surface area contributed by atoms with Crippen LogP contribution in [-0.4, -0.2) is 24.4 Å². The maximum atomic E-state index is 9.01. The number of aliphatic hydroxyl groups excluding tert-OH is 1. The van der Waals surface area contributed by atoms with Crippen LogP contribution in [0, 0.1) is 11.3 Å². The number of ether oxygens (including phenoxy) is 1. The molecule has 0 aromatic rings. The molecule has 2 rings (SSSR count). The van der Waals surface area contributed by atoms with Crippen molar-refractivity contribution in [3.63, 3.8) is 0 Å². The van der Waals surface area contributed by atoms with Crippen molar-refractivity contribution < 1.29 is 9.84 Å². The van der Waals surface area contributed by atoms with Gasteiger partial charge in [0, 0.05) is 12.5 Å². The molecule has 2 unspecified atom stereocenters. The van der Waals surface area contributed by atoms with Crippen molar-refractivity contribution in [1.29, 1.82) is 0 Å². The number of rotatable bonds is 2. The number of hydrogen-bond acceptors (Lipinski definition) is 2. The van der Waals surface area contributed by atoms with Gasteiger partial charge < -0.3 is 9.84 Å². The fourth-order valence-electron chi connectivity index (χ4n) is 2.53. The topological polar surface area (TPSA) is 29.5 Å². The average molecular weight is 184 g/mol. The van der Waals surface area contributed by atoms with Gasteiger partial charge in [0.25, 0.3) is 0 Å². The van der Waals surface area contributed by atoms with Crippen LogP contribution in [-0.2, 0) is 4.74 Å². The van der Waals surface area contributed by atoms with Crippen LogP contribution in [0.25, 0.3) is 0 Å². The highest BCUT2D eigenvalue weighted by Gasteiger charge is 2.41. The molecule has 2 atom stereocenters. The quantitative estimate of drug-likeness (QED) is 0.711. The van der Waals surface area contributed by atoms with Crippen molar-refractivity contribution in [2.45, 2.75) is 45.1 Å². The van der Waals surface area contributed by atoms with E-state index in [9.17, 15) is 0 Å². The third-order valence-electron chi connectivity index (χ3n) is 3.90. The smallest absolute Gasteiger partial charge is 0.0623 e. The summed E-state index contributed by atoms with van der Waals surface area (Å²) in [5.41, 5.74) is 0.561. The van der Waals surface area contributed by atoms with Gasteiger partial charge in [-0.25, -0.2) is 0 Å². The van der Waals surface area contributed by atoms with Crippen LogP contribution < -0.4 is 0 Å². The van der Waals surface area contributed by atoms with Crippen LogP contribution >= 0.6 is 0 Å². The third-order valence-corrected chi connectivity index (χ3v) is 3.90. The minimum absolute atomic E-state index is 0.262. The predicted molar refractivity (Wildman–Crippen MR) is 51.5 cm³/mol. The van der Waals surface area contributed by atoms with Crippen LogP contribution in [0.2, 0.25) is 0 Å². The van der Waals surface area contributed by atoms with Gasteiger partial charge in [-0.15, -0.1) is 0 Å². The summed E-state index contributed by atoms with van der Waals surface area (Å²) in [4.78, 5) is 0. The van der Waals surface area contributed by atoms with Gasteiger partial charge in [0.2, 0.25) is 0 Å². The molecule has 1 aliphatic heterocycles. The van der Waals surface area contributed by atoms with E-state index in [0.717, 1.165) is 13.0 Å². The zero-order valence-electron chi connectivity index (χ0n) is 8.46. The highest BCUT2D eigenvalue weighted by molar-refractivity contribution is 4.91. The van der Waals surface area contributed by atoms with Gasteiger partial charge in [-0.05, 0) is 31.1 Å². The lowest BCUT2D eigenvalue weighted by Gasteiger charge is -2.47. The SMILES string of the molecule is CC(CO)C1CCC2(CCC2)CO1. The Morgan fingerprint density at radius 3 is 2.62 bits per heavy atom. The van der Waals surface area contributed by atoms with Crippen LogP contribution in [0.3, 0.4) is 0 Å². The second kappa shape index (κ2) is 3.58. The second-order valence-electron chi connectivity index (χ2n) is 4.90. The van der Waals surface area contributed by atoms with E-state index in [1.54, 1.807) is 0 Å². The molecule has 2 aliphatic rings. The Bertz CT molecular complexity index is 165. The van der Waals surface area contributed by atoms with E-state index < -0.39 is 0 Å². The second-order valence-corrected chi connectivity index (χ2v) is 4.90. The number of aliphatic hydroxyl groups is 1. The first kappa shape index (κ1) is 9.47. The van der Waals surface area contributed by atoms with Crippen molar-refractivity contribution in [1.82, 2.24) is 0 Å². The first-order valence-electron chi connectivity index (χ1n) is 5.48. The monoisotopic (exact) mass is 184 g/mol. The molecule has 0 aromatic carbocycles. The zero-order chi connectivity index (χ0) is 9.31. The largest absolute Gasteiger partial charge is 0.396 e. The van der Waals surface area contributed by atoms with Crippen molar-refractivity contribution in [2.75, 3.05) is 13.2 Å². The van der Waals surface area contributed by atoms with Crippen molar-refractivity contribution in [3.8, 4) is 0 Å². The Labute approximate surface area is 80.3 Å². The fourth-order valence-corrected chi connectivity index (χ4v) is 2.53. The average Bonchev–Trinajstić information content (AvgIpc) is 2.14. The van der Waals surface area contributed by atoms with Gasteiger partial charge in [-0.3, -0.25) is 0 Å². The Kier molecular flexibility index (Phi) is 2.61. The molecule has 2 fully saturated rings. The molecule has 1 heterocycles. The highest BCUT2D eigenvalue weighted by Crippen LogP contribution is 2.48. The van der Waals surface area contributed by atoms with Crippen LogP contribution in [0.15, 0.2) is 0 Å². The molecule has 0 amide bonds. The van der Waals surface area contributed by atoms with E-state index in [1.807, 2.05) is 0 Å². The summed E-state index contributed by atoms with van der Waals surface area (Å²) in [7, 11) is 0. The minimum atomic E-state index is 0.262. The van der Waals surface area contributed by atoms with Crippen LogP contribution in [0.4, 0.5) is 0 Å². The highest BCUT2D eigenvalue weighted by atomic mass is 16.5. The molecule has 1 saturated heterocycles. The summed E-state index contributed by atoms with van der Waals surface area (Å²) in [5.74, 6) is 0.317. The molecule has 2 nitrogen and oxygen atoms in total. The lowest BCUT2D eigenvalue weighted by atomic mass is 9.65. The van der Waals surface area contributed by atoms with Crippen molar-refractivity contribution in [2.24, 2.45) is 11.3 Å². The van der Waals surface area contributed by atoms with Crippen molar-refractivity contribution in [3.05, 3.63) is 0 Å². The summed E-state index contributed by atoms with van der Waals surface area (Å²) in [6, 6.07) is 0. The van der Waals surface area contributed by atoms with E-state index >= 15 is 0 Å². The van der Waals surface area contributed by atoms with E-state index in [1.165, 1.54) is 25.7 Å². The fraction of sp³-hybridized carbons (Fsp3) is 1.00. The summed E-state index contributed by atoms with van der Waals surface area (Å²) in [6.07, 6.45) is 6.92. The number of hydrogen-bond donors (Lipinski definition) is 1.